The molecular formula is C15H23N3O2. The topological polar surface area (TPSA) is 75.4 Å². The SMILES string of the molecule is Cc1cccc(C)c1NC(=O)CN(C)C(=O)CC(C)N. The van der Waals surface area contributed by atoms with E-state index in [1.165, 1.54) is 4.90 Å². The molecule has 0 spiro atoms. The van der Waals surface area contributed by atoms with Crippen LogP contribution in [0.3, 0.4) is 0 Å². The van der Waals surface area contributed by atoms with Crippen LogP contribution >= 0.6 is 0 Å². The third kappa shape index (κ3) is 4.66. The molecule has 2 amide bonds. The maximum absolute atomic E-state index is 12.0. The second kappa shape index (κ2) is 7.05. The van der Waals surface area contributed by atoms with E-state index in [1.807, 2.05) is 32.0 Å². The molecule has 0 radical (unpaired) electrons. The maximum atomic E-state index is 12.0. The van der Waals surface area contributed by atoms with Crippen molar-refractivity contribution in [3.8, 4) is 0 Å². The van der Waals surface area contributed by atoms with E-state index in [4.69, 9.17) is 5.73 Å². The van der Waals surface area contributed by atoms with Gasteiger partial charge in [-0.3, -0.25) is 9.59 Å². The number of nitrogens with zero attached hydrogens (tertiary/aromatic N) is 1. The van der Waals surface area contributed by atoms with Gasteiger partial charge in [-0.2, -0.15) is 0 Å². The summed E-state index contributed by atoms with van der Waals surface area (Å²) in [5.41, 5.74) is 8.39. The van der Waals surface area contributed by atoms with Gasteiger partial charge in [0.25, 0.3) is 0 Å². The van der Waals surface area contributed by atoms with Crippen molar-refractivity contribution in [3.63, 3.8) is 0 Å². The average molecular weight is 277 g/mol. The number of nitrogens with two attached hydrogens (primary N) is 1. The number of anilines is 1. The summed E-state index contributed by atoms with van der Waals surface area (Å²) in [6.07, 6.45) is 0.243. The molecule has 0 heterocycles. The molecule has 0 bridgehead atoms. The van der Waals surface area contributed by atoms with Gasteiger partial charge in [-0.1, -0.05) is 18.2 Å². The lowest BCUT2D eigenvalue weighted by Gasteiger charge is -2.19. The molecule has 0 saturated heterocycles. The normalized spacial score (nSPS) is 11.8. The molecule has 0 aliphatic rings. The van der Waals surface area contributed by atoms with Crippen LogP contribution in [0.1, 0.15) is 24.5 Å². The highest BCUT2D eigenvalue weighted by atomic mass is 16.2. The zero-order valence-electron chi connectivity index (χ0n) is 12.6. The van der Waals surface area contributed by atoms with Gasteiger partial charge >= 0.3 is 0 Å². The van der Waals surface area contributed by atoms with Crippen molar-refractivity contribution in [2.24, 2.45) is 5.73 Å². The van der Waals surface area contributed by atoms with E-state index in [0.717, 1.165) is 16.8 Å². The Morgan fingerprint density at radius 2 is 1.85 bits per heavy atom. The van der Waals surface area contributed by atoms with Gasteiger partial charge in [0.15, 0.2) is 0 Å². The highest BCUT2D eigenvalue weighted by molar-refractivity contribution is 5.95. The van der Waals surface area contributed by atoms with Gasteiger partial charge in [0, 0.05) is 25.2 Å². The maximum Gasteiger partial charge on any atom is 0.243 e. The van der Waals surface area contributed by atoms with E-state index in [9.17, 15) is 9.59 Å². The minimum absolute atomic E-state index is 0.0271. The molecule has 0 aliphatic carbocycles. The monoisotopic (exact) mass is 277 g/mol. The van der Waals surface area contributed by atoms with Crippen molar-refractivity contribution in [1.29, 1.82) is 0 Å². The Kier molecular flexibility index (Phi) is 5.70. The minimum atomic E-state index is -0.206. The summed E-state index contributed by atoms with van der Waals surface area (Å²) in [7, 11) is 1.61. The van der Waals surface area contributed by atoms with E-state index in [1.54, 1.807) is 14.0 Å². The Balaban J connectivity index is 2.62. The predicted molar refractivity (Wildman–Crippen MR) is 80.4 cm³/mol. The van der Waals surface area contributed by atoms with Crippen molar-refractivity contribution < 1.29 is 9.59 Å². The first kappa shape index (κ1) is 16.2. The number of nitrogens with one attached hydrogen (secondary N) is 1. The predicted octanol–water partition coefficient (Wildman–Crippen LogP) is 1.44. The molecule has 20 heavy (non-hydrogen) atoms. The Labute approximate surface area is 120 Å². The summed E-state index contributed by atoms with van der Waals surface area (Å²) in [5, 5.41) is 2.85. The number of hydrogen-bond acceptors (Lipinski definition) is 3. The Morgan fingerprint density at radius 1 is 1.30 bits per heavy atom. The third-order valence-electron chi connectivity index (χ3n) is 3.05. The van der Waals surface area contributed by atoms with Gasteiger partial charge in [-0.05, 0) is 31.9 Å². The van der Waals surface area contributed by atoms with Crippen molar-refractivity contribution in [2.45, 2.75) is 33.2 Å². The number of rotatable bonds is 5. The summed E-state index contributed by atoms with van der Waals surface area (Å²) in [5.74, 6) is -0.334. The molecule has 0 saturated carbocycles. The number of carbonyl (C=O) groups excluding carboxylic acids is 2. The number of aryl methyl sites for hydroxylation is 2. The van der Waals surface area contributed by atoms with Crippen molar-refractivity contribution >= 4 is 17.5 Å². The largest absolute Gasteiger partial charge is 0.336 e. The van der Waals surface area contributed by atoms with Crippen LogP contribution in [0.25, 0.3) is 0 Å². The summed E-state index contributed by atoms with van der Waals surface area (Å²) in [4.78, 5) is 25.1. The standard InChI is InChI=1S/C15H23N3O2/c1-10-6-5-7-11(2)15(10)17-13(19)9-18(4)14(20)8-12(3)16/h5-7,12H,8-9,16H2,1-4H3,(H,17,19). The zero-order chi connectivity index (χ0) is 15.3. The van der Waals surface area contributed by atoms with Crippen LogP contribution in [0.2, 0.25) is 0 Å². The summed E-state index contributed by atoms with van der Waals surface area (Å²) in [6.45, 7) is 5.67. The fraction of sp³-hybridized carbons (Fsp3) is 0.467. The molecule has 110 valence electrons. The van der Waals surface area contributed by atoms with E-state index in [2.05, 4.69) is 5.32 Å². The number of hydrogen-bond donors (Lipinski definition) is 2. The van der Waals surface area contributed by atoms with Crippen molar-refractivity contribution in [1.82, 2.24) is 4.90 Å². The quantitative estimate of drug-likeness (QED) is 0.855. The average Bonchev–Trinajstić information content (AvgIpc) is 2.33. The van der Waals surface area contributed by atoms with Crippen LogP contribution in [-0.4, -0.2) is 36.3 Å². The van der Waals surface area contributed by atoms with E-state index < -0.39 is 0 Å². The molecule has 0 fully saturated rings. The fourth-order valence-electron chi connectivity index (χ4n) is 1.93. The number of para-hydroxylation sites is 1. The second-order valence-corrected chi connectivity index (χ2v) is 5.25. The van der Waals surface area contributed by atoms with Gasteiger partial charge in [0.2, 0.25) is 11.8 Å². The number of amides is 2. The van der Waals surface area contributed by atoms with Crippen LogP contribution in [0.15, 0.2) is 18.2 Å². The molecular weight excluding hydrogens is 254 g/mol. The molecule has 1 atom stereocenters. The highest BCUT2D eigenvalue weighted by Gasteiger charge is 2.15. The Hall–Kier alpha value is -1.88. The number of benzene rings is 1. The fourth-order valence-corrected chi connectivity index (χ4v) is 1.93. The molecule has 1 aromatic rings. The molecule has 0 aromatic heterocycles. The van der Waals surface area contributed by atoms with E-state index in [0.29, 0.717) is 0 Å². The Morgan fingerprint density at radius 3 is 2.35 bits per heavy atom. The lowest BCUT2D eigenvalue weighted by Crippen LogP contribution is -2.37. The van der Waals surface area contributed by atoms with Crippen LogP contribution < -0.4 is 11.1 Å². The first-order chi connectivity index (χ1) is 9.31. The lowest BCUT2D eigenvalue weighted by molar-refractivity contribution is -0.133. The summed E-state index contributed by atoms with van der Waals surface area (Å²) in [6, 6.07) is 5.62. The van der Waals surface area contributed by atoms with Crippen LogP contribution in [-0.2, 0) is 9.59 Å². The molecule has 1 rings (SSSR count). The lowest BCUT2D eigenvalue weighted by atomic mass is 10.1. The zero-order valence-corrected chi connectivity index (χ0v) is 12.6. The molecule has 3 N–H and O–H groups in total. The van der Waals surface area contributed by atoms with Gasteiger partial charge < -0.3 is 16.0 Å². The molecule has 1 aromatic carbocycles. The molecule has 5 heteroatoms. The first-order valence-corrected chi connectivity index (χ1v) is 6.67. The summed E-state index contributed by atoms with van der Waals surface area (Å²) < 4.78 is 0. The summed E-state index contributed by atoms with van der Waals surface area (Å²) >= 11 is 0. The smallest absolute Gasteiger partial charge is 0.243 e. The Bertz CT molecular complexity index is 478. The van der Waals surface area contributed by atoms with E-state index >= 15 is 0 Å². The molecule has 1 unspecified atom stereocenters. The van der Waals surface area contributed by atoms with Crippen molar-refractivity contribution in [3.05, 3.63) is 29.3 Å². The van der Waals surface area contributed by atoms with Crippen LogP contribution in [0, 0.1) is 13.8 Å². The minimum Gasteiger partial charge on any atom is -0.336 e. The van der Waals surface area contributed by atoms with Gasteiger partial charge in [-0.15, -0.1) is 0 Å². The highest BCUT2D eigenvalue weighted by Crippen LogP contribution is 2.19. The number of carbonyl (C=O) groups is 2. The van der Waals surface area contributed by atoms with Gasteiger partial charge in [0.1, 0.15) is 0 Å². The van der Waals surface area contributed by atoms with Crippen molar-refractivity contribution in [2.75, 3.05) is 18.9 Å². The van der Waals surface area contributed by atoms with Gasteiger partial charge in [-0.25, -0.2) is 0 Å². The first-order valence-electron chi connectivity index (χ1n) is 6.67. The van der Waals surface area contributed by atoms with Gasteiger partial charge in [0.05, 0.1) is 6.54 Å². The second-order valence-electron chi connectivity index (χ2n) is 5.25. The van der Waals surface area contributed by atoms with Crippen LogP contribution in [0.4, 0.5) is 5.69 Å². The van der Waals surface area contributed by atoms with Crippen LogP contribution in [0.5, 0.6) is 0 Å². The molecule has 5 nitrogen and oxygen atoms in total. The van der Waals surface area contributed by atoms with E-state index in [-0.39, 0.29) is 30.8 Å². The third-order valence-corrected chi connectivity index (χ3v) is 3.05. The number of likely N-dealkylation sites (N-methyl/N-ethyl adjacent to an activating group) is 1. The molecule has 0 aliphatic heterocycles.